The topological polar surface area (TPSA) is 32.3 Å². The zero-order valence-corrected chi connectivity index (χ0v) is 11.1. The monoisotopic (exact) mass is 271 g/mol. The van der Waals surface area contributed by atoms with Gasteiger partial charge < -0.3 is 10.4 Å². The van der Waals surface area contributed by atoms with Crippen molar-refractivity contribution in [3.05, 3.63) is 29.0 Å². The second-order valence-corrected chi connectivity index (χ2v) is 5.67. The molecule has 0 saturated heterocycles. The summed E-state index contributed by atoms with van der Waals surface area (Å²) in [6, 6.07) is 4.42. The molecule has 1 saturated carbocycles. The molecule has 1 fully saturated rings. The number of hydrogen-bond donors (Lipinski definition) is 2. The molecular formula is C14H19ClFNO. The van der Waals surface area contributed by atoms with Gasteiger partial charge in [0.1, 0.15) is 5.82 Å². The van der Waals surface area contributed by atoms with Crippen LogP contribution in [0.15, 0.2) is 18.2 Å². The minimum absolute atomic E-state index is 0.0585. The lowest BCUT2D eigenvalue weighted by Crippen LogP contribution is -2.35. The number of aliphatic hydroxyl groups is 1. The third-order valence-electron chi connectivity index (χ3n) is 3.78. The second-order valence-electron chi connectivity index (χ2n) is 5.23. The first-order chi connectivity index (χ1) is 8.63. The molecule has 0 atom stereocenters. The minimum Gasteiger partial charge on any atom is -0.396 e. The lowest BCUT2D eigenvalue weighted by molar-refractivity contribution is 0.0944. The van der Waals surface area contributed by atoms with E-state index in [9.17, 15) is 9.50 Å². The van der Waals surface area contributed by atoms with Gasteiger partial charge in [-0.1, -0.05) is 30.9 Å². The first-order valence-electron chi connectivity index (χ1n) is 6.44. The van der Waals surface area contributed by atoms with E-state index in [0.29, 0.717) is 17.3 Å². The van der Waals surface area contributed by atoms with Gasteiger partial charge in [-0.2, -0.15) is 0 Å². The quantitative estimate of drug-likeness (QED) is 0.872. The van der Waals surface area contributed by atoms with Crippen molar-refractivity contribution in [2.75, 3.05) is 18.5 Å². The molecular weight excluding hydrogens is 253 g/mol. The third-order valence-corrected chi connectivity index (χ3v) is 4.00. The highest BCUT2D eigenvalue weighted by Gasteiger charge is 2.31. The summed E-state index contributed by atoms with van der Waals surface area (Å²) in [4.78, 5) is 0. The number of hydrogen-bond acceptors (Lipinski definition) is 2. The first-order valence-corrected chi connectivity index (χ1v) is 6.82. The zero-order chi connectivity index (χ0) is 13.0. The molecule has 1 aromatic rings. The maximum absolute atomic E-state index is 13.2. The maximum Gasteiger partial charge on any atom is 0.126 e. The van der Waals surface area contributed by atoms with Crippen molar-refractivity contribution in [1.29, 1.82) is 0 Å². The van der Waals surface area contributed by atoms with Crippen LogP contribution >= 0.6 is 11.6 Å². The predicted octanol–water partition coefficient (Wildman–Crippen LogP) is 3.83. The van der Waals surface area contributed by atoms with Crippen molar-refractivity contribution in [2.24, 2.45) is 5.41 Å². The first kappa shape index (κ1) is 13.6. The Labute approximate surface area is 112 Å². The van der Waals surface area contributed by atoms with E-state index in [-0.39, 0.29) is 17.8 Å². The fourth-order valence-corrected chi connectivity index (χ4v) is 2.86. The number of halogens is 2. The molecule has 1 aliphatic carbocycles. The molecule has 0 unspecified atom stereocenters. The fraction of sp³-hybridized carbons (Fsp3) is 0.571. The summed E-state index contributed by atoms with van der Waals surface area (Å²) in [5, 5.41) is 13.2. The minimum atomic E-state index is -0.341. The van der Waals surface area contributed by atoms with Crippen LogP contribution in [0.5, 0.6) is 0 Å². The molecule has 100 valence electrons. The van der Waals surface area contributed by atoms with Gasteiger partial charge >= 0.3 is 0 Å². The number of rotatable bonds is 4. The van der Waals surface area contributed by atoms with Gasteiger partial charge in [-0.25, -0.2) is 4.39 Å². The van der Waals surface area contributed by atoms with Crippen LogP contribution in [0.25, 0.3) is 0 Å². The van der Waals surface area contributed by atoms with E-state index in [1.54, 1.807) is 6.07 Å². The SMILES string of the molecule is OCC1(CNc2cc(F)cc(Cl)c2)CCCCC1. The number of benzene rings is 1. The van der Waals surface area contributed by atoms with Gasteiger partial charge in [0.05, 0.1) is 6.61 Å². The van der Waals surface area contributed by atoms with Crippen molar-refractivity contribution in [1.82, 2.24) is 0 Å². The predicted molar refractivity (Wildman–Crippen MR) is 72.5 cm³/mol. The Hall–Kier alpha value is -0.800. The van der Waals surface area contributed by atoms with Gasteiger partial charge in [0.2, 0.25) is 0 Å². The molecule has 0 bridgehead atoms. The largest absolute Gasteiger partial charge is 0.396 e. The summed E-state index contributed by atoms with van der Waals surface area (Å²) in [6.07, 6.45) is 5.62. The Morgan fingerprint density at radius 1 is 1.22 bits per heavy atom. The summed E-state index contributed by atoms with van der Waals surface area (Å²) in [7, 11) is 0. The normalized spacial score (nSPS) is 18.6. The Balaban J connectivity index is 2.00. The highest BCUT2D eigenvalue weighted by Crippen LogP contribution is 2.36. The van der Waals surface area contributed by atoms with Crippen LogP contribution in [0.4, 0.5) is 10.1 Å². The Bertz CT molecular complexity index is 385. The van der Waals surface area contributed by atoms with E-state index < -0.39 is 0 Å². The van der Waals surface area contributed by atoms with Gasteiger partial charge in [-0.15, -0.1) is 0 Å². The fourth-order valence-electron chi connectivity index (χ4n) is 2.64. The summed E-state index contributed by atoms with van der Waals surface area (Å²) < 4.78 is 13.2. The van der Waals surface area contributed by atoms with Crippen molar-refractivity contribution in [3.8, 4) is 0 Å². The Morgan fingerprint density at radius 3 is 2.56 bits per heavy atom. The Kier molecular flexibility index (Phi) is 4.46. The van der Waals surface area contributed by atoms with Crippen LogP contribution in [0, 0.1) is 11.2 Å². The third kappa shape index (κ3) is 3.36. The Morgan fingerprint density at radius 2 is 1.94 bits per heavy atom. The lowest BCUT2D eigenvalue weighted by atomic mass is 9.74. The van der Waals surface area contributed by atoms with Crippen LogP contribution in [0.2, 0.25) is 5.02 Å². The molecule has 0 aromatic heterocycles. The molecule has 0 heterocycles. The van der Waals surface area contributed by atoms with E-state index in [2.05, 4.69) is 5.32 Å². The van der Waals surface area contributed by atoms with Crippen LogP contribution in [0.3, 0.4) is 0 Å². The van der Waals surface area contributed by atoms with Gasteiger partial charge in [0.15, 0.2) is 0 Å². The van der Waals surface area contributed by atoms with Gasteiger partial charge in [-0.3, -0.25) is 0 Å². The zero-order valence-electron chi connectivity index (χ0n) is 10.4. The average molecular weight is 272 g/mol. The highest BCUT2D eigenvalue weighted by molar-refractivity contribution is 6.30. The van der Waals surface area contributed by atoms with Gasteiger partial charge in [0.25, 0.3) is 0 Å². The molecule has 2 nitrogen and oxygen atoms in total. The van der Waals surface area contributed by atoms with Crippen LogP contribution < -0.4 is 5.32 Å². The van der Waals surface area contributed by atoms with Gasteiger partial charge in [0, 0.05) is 22.7 Å². The van der Waals surface area contributed by atoms with E-state index in [4.69, 9.17) is 11.6 Å². The summed E-state index contributed by atoms with van der Waals surface area (Å²) in [5.74, 6) is -0.341. The highest BCUT2D eigenvalue weighted by atomic mass is 35.5. The maximum atomic E-state index is 13.2. The number of anilines is 1. The van der Waals surface area contributed by atoms with Crippen LogP contribution in [-0.2, 0) is 0 Å². The number of aliphatic hydroxyl groups excluding tert-OH is 1. The number of nitrogens with one attached hydrogen (secondary N) is 1. The van der Waals surface area contributed by atoms with Crippen LogP contribution in [0.1, 0.15) is 32.1 Å². The molecule has 2 rings (SSSR count). The summed E-state index contributed by atoms with van der Waals surface area (Å²) in [5.41, 5.74) is 0.621. The standard InChI is InChI=1S/C14H19ClFNO/c15-11-6-12(16)8-13(7-11)17-9-14(10-18)4-2-1-3-5-14/h6-8,17-18H,1-5,9-10H2. The smallest absolute Gasteiger partial charge is 0.126 e. The van der Waals surface area contributed by atoms with Crippen molar-refractivity contribution in [2.45, 2.75) is 32.1 Å². The van der Waals surface area contributed by atoms with E-state index >= 15 is 0 Å². The second kappa shape index (κ2) is 5.89. The molecule has 1 aromatic carbocycles. The van der Waals surface area contributed by atoms with Crippen molar-refractivity contribution >= 4 is 17.3 Å². The van der Waals surface area contributed by atoms with E-state index in [1.807, 2.05) is 0 Å². The molecule has 0 amide bonds. The lowest BCUT2D eigenvalue weighted by Gasteiger charge is -2.36. The van der Waals surface area contributed by atoms with Crippen molar-refractivity contribution in [3.63, 3.8) is 0 Å². The van der Waals surface area contributed by atoms with E-state index in [0.717, 1.165) is 25.7 Å². The molecule has 2 N–H and O–H groups in total. The summed E-state index contributed by atoms with van der Waals surface area (Å²) >= 11 is 5.81. The van der Waals surface area contributed by atoms with Gasteiger partial charge in [-0.05, 0) is 31.0 Å². The molecule has 18 heavy (non-hydrogen) atoms. The molecule has 4 heteroatoms. The molecule has 0 radical (unpaired) electrons. The van der Waals surface area contributed by atoms with Crippen LogP contribution in [-0.4, -0.2) is 18.3 Å². The average Bonchev–Trinajstić information content (AvgIpc) is 2.36. The molecule has 0 aliphatic heterocycles. The summed E-state index contributed by atoms with van der Waals surface area (Å²) in [6.45, 7) is 0.854. The van der Waals surface area contributed by atoms with Crippen molar-refractivity contribution < 1.29 is 9.50 Å². The molecule has 1 aliphatic rings. The van der Waals surface area contributed by atoms with E-state index in [1.165, 1.54) is 18.6 Å². The molecule has 0 spiro atoms.